The van der Waals surface area contributed by atoms with E-state index in [1.807, 2.05) is 12.2 Å². The fourth-order valence-corrected chi connectivity index (χ4v) is 2.71. The summed E-state index contributed by atoms with van der Waals surface area (Å²) < 4.78 is 9.93. The average molecular weight is 365 g/mol. The van der Waals surface area contributed by atoms with Crippen molar-refractivity contribution in [2.24, 2.45) is 0 Å². The molecule has 1 aliphatic rings. The summed E-state index contributed by atoms with van der Waals surface area (Å²) in [5.74, 6) is -0.166. The van der Waals surface area contributed by atoms with E-state index in [-0.39, 0.29) is 36.9 Å². The van der Waals surface area contributed by atoms with E-state index in [1.165, 1.54) is 0 Å². The van der Waals surface area contributed by atoms with Gasteiger partial charge in [0.1, 0.15) is 6.61 Å². The Morgan fingerprint density at radius 2 is 2.04 bits per heavy atom. The molecule has 0 spiro atoms. The first kappa shape index (κ1) is 22.1. The Bertz CT molecular complexity index is 512. The Hall–Kier alpha value is -1.95. The maximum absolute atomic E-state index is 12.0. The Morgan fingerprint density at radius 3 is 2.77 bits per heavy atom. The van der Waals surface area contributed by atoms with Crippen LogP contribution in [0.2, 0.25) is 0 Å². The minimum Gasteiger partial charge on any atom is -0.464 e. The maximum atomic E-state index is 12.0. The second-order valence-corrected chi connectivity index (χ2v) is 6.23. The summed E-state index contributed by atoms with van der Waals surface area (Å²) in [6, 6.07) is -0.0253. The van der Waals surface area contributed by atoms with E-state index < -0.39 is 0 Å². The SMILES string of the molecule is CCCCCC(=O)C=CC1CCC(=O)N1CC=CCOCC(=O)OCC. The molecule has 1 atom stereocenters. The van der Waals surface area contributed by atoms with Gasteiger partial charge in [-0.1, -0.05) is 38.0 Å². The third-order valence-corrected chi connectivity index (χ3v) is 4.11. The predicted octanol–water partition coefficient (Wildman–Crippen LogP) is 2.82. The molecule has 0 radical (unpaired) electrons. The van der Waals surface area contributed by atoms with Crippen molar-refractivity contribution in [3.05, 3.63) is 24.3 Å². The predicted molar refractivity (Wildman–Crippen MR) is 99.6 cm³/mol. The molecule has 1 unspecified atom stereocenters. The van der Waals surface area contributed by atoms with Crippen LogP contribution in [0, 0.1) is 0 Å². The van der Waals surface area contributed by atoms with Crippen molar-refractivity contribution in [1.82, 2.24) is 4.90 Å². The molecule has 1 rings (SSSR count). The summed E-state index contributed by atoms with van der Waals surface area (Å²) in [6.07, 6.45) is 12.0. The number of esters is 1. The highest BCUT2D eigenvalue weighted by atomic mass is 16.6. The molecule has 1 amide bonds. The number of likely N-dealkylation sites (tertiary alicyclic amines) is 1. The molecule has 1 heterocycles. The number of nitrogens with zero attached hydrogens (tertiary/aromatic N) is 1. The van der Waals surface area contributed by atoms with E-state index in [1.54, 1.807) is 24.0 Å². The van der Waals surface area contributed by atoms with Gasteiger partial charge in [-0.15, -0.1) is 0 Å². The summed E-state index contributed by atoms with van der Waals surface area (Å²) >= 11 is 0. The number of ketones is 1. The molecule has 0 N–H and O–H groups in total. The van der Waals surface area contributed by atoms with E-state index in [4.69, 9.17) is 9.47 Å². The van der Waals surface area contributed by atoms with Crippen LogP contribution in [0.25, 0.3) is 0 Å². The molecule has 0 aromatic rings. The molecule has 1 aliphatic heterocycles. The number of rotatable bonds is 13. The van der Waals surface area contributed by atoms with Crippen LogP contribution < -0.4 is 0 Å². The van der Waals surface area contributed by atoms with Gasteiger partial charge >= 0.3 is 5.97 Å². The minimum absolute atomic E-state index is 0.0253. The molecule has 0 aromatic heterocycles. The lowest BCUT2D eigenvalue weighted by molar-refractivity contribution is -0.148. The zero-order valence-corrected chi connectivity index (χ0v) is 15.9. The summed E-state index contributed by atoms with van der Waals surface area (Å²) in [5.41, 5.74) is 0. The monoisotopic (exact) mass is 365 g/mol. The van der Waals surface area contributed by atoms with Crippen LogP contribution in [0.5, 0.6) is 0 Å². The molecule has 6 nitrogen and oxygen atoms in total. The van der Waals surface area contributed by atoms with Crippen LogP contribution in [-0.4, -0.2) is 55.0 Å². The summed E-state index contributed by atoms with van der Waals surface area (Å²) in [4.78, 5) is 36.7. The smallest absolute Gasteiger partial charge is 0.332 e. The number of allylic oxidation sites excluding steroid dienone is 1. The van der Waals surface area contributed by atoms with Gasteiger partial charge in [0.15, 0.2) is 5.78 Å². The highest BCUT2D eigenvalue weighted by Crippen LogP contribution is 2.19. The second-order valence-electron chi connectivity index (χ2n) is 6.23. The van der Waals surface area contributed by atoms with Gasteiger partial charge in [0, 0.05) is 19.4 Å². The van der Waals surface area contributed by atoms with Gasteiger partial charge in [-0.3, -0.25) is 9.59 Å². The Balaban J connectivity index is 2.34. The molecule has 0 bridgehead atoms. The van der Waals surface area contributed by atoms with Gasteiger partial charge in [-0.2, -0.15) is 0 Å². The normalized spacial score (nSPS) is 17.5. The first-order valence-electron chi connectivity index (χ1n) is 9.47. The van der Waals surface area contributed by atoms with Crippen LogP contribution >= 0.6 is 0 Å². The molecule has 6 heteroatoms. The zero-order valence-electron chi connectivity index (χ0n) is 15.9. The molecule has 0 aliphatic carbocycles. The van der Waals surface area contributed by atoms with Crippen LogP contribution in [0.1, 0.15) is 52.4 Å². The lowest BCUT2D eigenvalue weighted by Crippen LogP contribution is -2.32. The molecule has 1 fully saturated rings. The number of hydrogen-bond acceptors (Lipinski definition) is 5. The lowest BCUT2D eigenvalue weighted by Gasteiger charge is -2.20. The van der Waals surface area contributed by atoms with Crippen molar-refractivity contribution >= 4 is 17.7 Å². The quantitative estimate of drug-likeness (QED) is 0.217. The van der Waals surface area contributed by atoms with E-state index in [9.17, 15) is 14.4 Å². The third kappa shape index (κ3) is 8.94. The standard InChI is InChI=1S/C20H31NO5/c1-3-5-6-9-18(22)12-10-17-11-13-19(23)21(17)14-7-8-15-25-16-20(24)26-4-2/h7-8,10,12,17H,3-6,9,11,13-16H2,1-2H3. The van der Waals surface area contributed by atoms with E-state index in [0.717, 1.165) is 25.7 Å². The summed E-state index contributed by atoms with van der Waals surface area (Å²) in [7, 11) is 0. The van der Waals surface area contributed by atoms with Crippen molar-refractivity contribution in [1.29, 1.82) is 0 Å². The average Bonchev–Trinajstić information content (AvgIpc) is 2.96. The number of amides is 1. The summed E-state index contributed by atoms with van der Waals surface area (Å²) in [6.45, 7) is 4.88. The minimum atomic E-state index is -0.385. The van der Waals surface area contributed by atoms with Crippen LogP contribution in [0.3, 0.4) is 0 Å². The van der Waals surface area contributed by atoms with E-state index in [2.05, 4.69) is 6.92 Å². The zero-order chi connectivity index (χ0) is 19.2. The van der Waals surface area contributed by atoms with Gasteiger partial charge < -0.3 is 14.4 Å². The molecule has 0 saturated carbocycles. The van der Waals surface area contributed by atoms with Crippen LogP contribution in [-0.2, 0) is 23.9 Å². The fraction of sp³-hybridized carbons (Fsp3) is 0.650. The van der Waals surface area contributed by atoms with Gasteiger partial charge in [0.05, 0.1) is 19.3 Å². The van der Waals surface area contributed by atoms with E-state index in [0.29, 0.717) is 26.0 Å². The second kappa shape index (κ2) is 13.3. The third-order valence-electron chi connectivity index (χ3n) is 4.11. The molecule has 146 valence electrons. The topological polar surface area (TPSA) is 72.9 Å². The van der Waals surface area contributed by atoms with Crippen LogP contribution in [0.15, 0.2) is 24.3 Å². The largest absolute Gasteiger partial charge is 0.464 e. The van der Waals surface area contributed by atoms with E-state index >= 15 is 0 Å². The van der Waals surface area contributed by atoms with Crippen LogP contribution in [0.4, 0.5) is 0 Å². The Morgan fingerprint density at radius 1 is 1.23 bits per heavy atom. The van der Waals surface area contributed by atoms with Gasteiger partial charge in [0.25, 0.3) is 0 Å². The molecule has 26 heavy (non-hydrogen) atoms. The first-order valence-corrected chi connectivity index (χ1v) is 9.47. The fourth-order valence-electron chi connectivity index (χ4n) is 2.71. The first-order chi connectivity index (χ1) is 12.6. The highest BCUT2D eigenvalue weighted by molar-refractivity contribution is 5.90. The molecular formula is C20H31NO5. The Kier molecular flexibility index (Phi) is 11.3. The van der Waals surface area contributed by atoms with Crippen molar-refractivity contribution < 1.29 is 23.9 Å². The lowest BCUT2D eigenvalue weighted by atomic mass is 10.1. The van der Waals surface area contributed by atoms with Gasteiger partial charge in [-0.25, -0.2) is 4.79 Å². The van der Waals surface area contributed by atoms with Gasteiger partial charge in [0.2, 0.25) is 5.91 Å². The van der Waals surface area contributed by atoms with Crippen molar-refractivity contribution in [2.45, 2.75) is 58.4 Å². The van der Waals surface area contributed by atoms with Crippen molar-refractivity contribution in [3.8, 4) is 0 Å². The number of carbonyl (C=O) groups is 3. The van der Waals surface area contributed by atoms with Crippen molar-refractivity contribution in [2.75, 3.05) is 26.4 Å². The highest BCUT2D eigenvalue weighted by Gasteiger charge is 2.27. The van der Waals surface area contributed by atoms with Gasteiger partial charge in [-0.05, 0) is 25.8 Å². The van der Waals surface area contributed by atoms with Crippen molar-refractivity contribution in [3.63, 3.8) is 0 Å². The summed E-state index contributed by atoms with van der Waals surface area (Å²) in [5, 5.41) is 0. The number of unbranched alkanes of at least 4 members (excludes halogenated alkanes) is 2. The number of ether oxygens (including phenoxy) is 2. The Labute approximate surface area is 156 Å². The molecule has 0 aromatic carbocycles. The number of carbonyl (C=O) groups excluding carboxylic acids is 3. The molecular weight excluding hydrogens is 334 g/mol. The molecule has 1 saturated heterocycles. The maximum Gasteiger partial charge on any atom is 0.332 e. The number of hydrogen-bond donors (Lipinski definition) is 0.